The van der Waals surface area contributed by atoms with Crippen molar-refractivity contribution in [1.29, 1.82) is 0 Å². The molecule has 1 aromatic carbocycles. The summed E-state index contributed by atoms with van der Waals surface area (Å²) in [4.78, 5) is 21.2. The molecule has 0 N–H and O–H groups in total. The van der Waals surface area contributed by atoms with Gasteiger partial charge in [0, 0.05) is 12.0 Å². The number of ketones is 1. The summed E-state index contributed by atoms with van der Waals surface area (Å²) < 4.78 is 5.46. The van der Waals surface area contributed by atoms with Gasteiger partial charge in [-0.2, -0.15) is 0 Å². The van der Waals surface area contributed by atoms with Crippen LogP contribution in [0.5, 0.6) is 5.75 Å². The smallest absolute Gasteiger partial charge is 0.150 e. The third-order valence-corrected chi connectivity index (χ3v) is 2.57. The van der Waals surface area contributed by atoms with Crippen molar-refractivity contribution in [2.75, 3.05) is 6.61 Å². The summed E-state index contributed by atoms with van der Waals surface area (Å²) in [5, 5.41) is 0.432. The molecule has 1 aromatic rings. The summed E-state index contributed by atoms with van der Waals surface area (Å²) in [7, 11) is 0. The van der Waals surface area contributed by atoms with Gasteiger partial charge in [0.1, 0.15) is 17.8 Å². The van der Waals surface area contributed by atoms with E-state index in [0.29, 0.717) is 29.4 Å². The van der Waals surface area contributed by atoms with Gasteiger partial charge in [-0.1, -0.05) is 11.6 Å². The zero-order valence-corrected chi connectivity index (χ0v) is 10.5. The van der Waals surface area contributed by atoms with Gasteiger partial charge in [-0.15, -0.1) is 0 Å². The van der Waals surface area contributed by atoms with Crippen molar-refractivity contribution < 1.29 is 14.3 Å². The van der Waals surface area contributed by atoms with Crippen LogP contribution >= 0.6 is 11.6 Å². The maximum atomic E-state index is 10.7. The van der Waals surface area contributed by atoms with Gasteiger partial charge < -0.3 is 9.53 Å². The van der Waals surface area contributed by atoms with Crippen LogP contribution in [0.4, 0.5) is 0 Å². The largest absolute Gasteiger partial charge is 0.492 e. The number of aldehydes is 1. The van der Waals surface area contributed by atoms with Crippen molar-refractivity contribution in [2.45, 2.75) is 26.2 Å². The lowest BCUT2D eigenvalue weighted by molar-refractivity contribution is -0.117. The Morgan fingerprint density at radius 1 is 1.41 bits per heavy atom. The van der Waals surface area contributed by atoms with Crippen molar-refractivity contribution >= 4 is 23.7 Å². The Morgan fingerprint density at radius 2 is 2.18 bits per heavy atom. The highest BCUT2D eigenvalue weighted by atomic mass is 35.5. The van der Waals surface area contributed by atoms with Gasteiger partial charge in [0.15, 0.2) is 0 Å². The zero-order chi connectivity index (χ0) is 12.7. The summed E-state index contributed by atoms with van der Waals surface area (Å²) in [6.07, 6.45) is 2.95. The molecule has 0 amide bonds. The molecule has 3 nitrogen and oxygen atoms in total. The summed E-state index contributed by atoms with van der Waals surface area (Å²) in [6, 6.07) is 4.90. The van der Waals surface area contributed by atoms with Crippen molar-refractivity contribution in [2.24, 2.45) is 0 Å². The number of unbranched alkanes of at least 4 members (excludes halogenated alkanes) is 1. The maximum absolute atomic E-state index is 10.7. The molecule has 0 aliphatic rings. The van der Waals surface area contributed by atoms with E-state index in [2.05, 4.69) is 0 Å². The molecule has 0 bridgehead atoms. The molecule has 0 unspecified atom stereocenters. The Labute approximate surface area is 106 Å². The number of carbonyl (C=O) groups excluding carboxylic acids is 2. The minimum atomic E-state index is 0.193. The standard InChI is InChI=1S/C13H15ClO3/c1-10(16)4-2-3-7-17-13-6-5-11(9-15)8-12(13)14/h5-6,8-9H,2-4,7H2,1H3. The van der Waals surface area contributed by atoms with Gasteiger partial charge in [0.05, 0.1) is 11.6 Å². The normalized spacial score (nSPS) is 10.0. The van der Waals surface area contributed by atoms with Gasteiger partial charge >= 0.3 is 0 Å². The van der Waals surface area contributed by atoms with Crippen LogP contribution in [-0.4, -0.2) is 18.7 Å². The fourth-order valence-corrected chi connectivity index (χ4v) is 1.61. The van der Waals surface area contributed by atoms with Crippen molar-refractivity contribution in [1.82, 2.24) is 0 Å². The van der Waals surface area contributed by atoms with Gasteiger partial charge in [-0.25, -0.2) is 0 Å². The Bertz CT molecular complexity index is 402. The number of hydrogen-bond acceptors (Lipinski definition) is 3. The van der Waals surface area contributed by atoms with Gasteiger partial charge in [-0.3, -0.25) is 4.79 Å². The van der Waals surface area contributed by atoms with Crippen molar-refractivity contribution in [3.8, 4) is 5.75 Å². The lowest BCUT2D eigenvalue weighted by atomic mass is 10.2. The first-order valence-corrected chi connectivity index (χ1v) is 5.88. The van der Waals surface area contributed by atoms with E-state index in [1.807, 2.05) is 0 Å². The van der Waals surface area contributed by atoms with E-state index in [9.17, 15) is 9.59 Å². The third-order valence-electron chi connectivity index (χ3n) is 2.27. The quantitative estimate of drug-likeness (QED) is 0.554. The van der Waals surface area contributed by atoms with Gasteiger partial charge in [0.2, 0.25) is 0 Å². The zero-order valence-electron chi connectivity index (χ0n) is 9.74. The summed E-state index contributed by atoms with van der Waals surface area (Å²) in [6.45, 7) is 2.10. The molecule has 0 radical (unpaired) electrons. The second kappa shape index (κ2) is 7.07. The van der Waals surface area contributed by atoms with E-state index >= 15 is 0 Å². The number of ether oxygens (including phenoxy) is 1. The topological polar surface area (TPSA) is 43.4 Å². The lowest BCUT2D eigenvalue weighted by Crippen LogP contribution is -1.99. The second-order valence-electron chi connectivity index (χ2n) is 3.82. The van der Waals surface area contributed by atoms with Crippen LogP contribution in [-0.2, 0) is 4.79 Å². The van der Waals surface area contributed by atoms with Crippen LogP contribution in [0.25, 0.3) is 0 Å². The predicted molar refractivity (Wildman–Crippen MR) is 66.9 cm³/mol. The van der Waals surface area contributed by atoms with Crippen LogP contribution in [0.3, 0.4) is 0 Å². The Kier molecular flexibility index (Phi) is 5.70. The van der Waals surface area contributed by atoms with Crippen LogP contribution in [0, 0.1) is 0 Å². The number of Topliss-reactive ketones (excluding diaryl/α,β-unsaturated/α-hetero) is 1. The maximum Gasteiger partial charge on any atom is 0.150 e. The first-order chi connectivity index (χ1) is 8.13. The fourth-order valence-electron chi connectivity index (χ4n) is 1.37. The van der Waals surface area contributed by atoms with Crippen LogP contribution in [0.2, 0.25) is 5.02 Å². The molecular weight excluding hydrogens is 240 g/mol. The Hall–Kier alpha value is -1.35. The lowest BCUT2D eigenvalue weighted by Gasteiger charge is -2.07. The van der Waals surface area contributed by atoms with Crippen LogP contribution in [0.15, 0.2) is 18.2 Å². The molecule has 0 saturated heterocycles. The van der Waals surface area contributed by atoms with E-state index in [1.165, 1.54) is 0 Å². The minimum Gasteiger partial charge on any atom is -0.492 e. The molecule has 4 heteroatoms. The molecule has 0 heterocycles. The molecule has 0 atom stereocenters. The van der Waals surface area contributed by atoms with E-state index in [0.717, 1.165) is 19.1 Å². The molecule has 0 spiro atoms. The number of halogens is 1. The Morgan fingerprint density at radius 3 is 2.76 bits per heavy atom. The average Bonchev–Trinajstić information content (AvgIpc) is 2.30. The Balaban J connectivity index is 2.36. The first-order valence-electron chi connectivity index (χ1n) is 5.50. The molecule has 17 heavy (non-hydrogen) atoms. The van der Waals surface area contributed by atoms with Crippen LogP contribution < -0.4 is 4.74 Å². The molecule has 0 aromatic heterocycles. The van der Waals surface area contributed by atoms with E-state index < -0.39 is 0 Å². The monoisotopic (exact) mass is 254 g/mol. The highest BCUT2D eigenvalue weighted by Gasteiger charge is 2.02. The molecule has 0 fully saturated rings. The summed E-state index contributed by atoms with van der Waals surface area (Å²) >= 11 is 5.93. The molecule has 0 aliphatic heterocycles. The van der Waals surface area contributed by atoms with E-state index in [4.69, 9.17) is 16.3 Å². The van der Waals surface area contributed by atoms with E-state index in [1.54, 1.807) is 25.1 Å². The molecular formula is C13H15ClO3. The highest BCUT2D eigenvalue weighted by Crippen LogP contribution is 2.25. The number of carbonyl (C=O) groups is 2. The summed E-state index contributed by atoms with van der Waals surface area (Å²) in [5.74, 6) is 0.762. The first kappa shape index (κ1) is 13.7. The van der Waals surface area contributed by atoms with Crippen LogP contribution in [0.1, 0.15) is 36.5 Å². The van der Waals surface area contributed by atoms with Gasteiger partial charge in [-0.05, 0) is 38.0 Å². The summed E-state index contributed by atoms with van der Waals surface area (Å²) in [5.41, 5.74) is 0.527. The van der Waals surface area contributed by atoms with Crippen molar-refractivity contribution in [3.05, 3.63) is 28.8 Å². The SMILES string of the molecule is CC(=O)CCCCOc1ccc(C=O)cc1Cl. The number of benzene rings is 1. The molecule has 0 aliphatic carbocycles. The molecule has 92 valence electrons. The number of rotatable bonds is 7. The minimum absolute atomic E-state index is 0.193. The molecule has 1 rings (SSSR count). The average molecular weight is 255 g/mol. The third kappa shape index (κ3) is 5.00. The fraction of sp³-hybridized carbons (Fsp3) is 0.385. The predicted octanol–water partition coefficient (Wildman–Crippen LogP) is 3.29. The van der Waals surface area contributed by atoms with Crippen molar-refractivity contribution in [3.63, 3.8) is 0 Å². The molecule has 0 saturated carbocycles. The number of hydrogen-bond donors (Lipinski definition) is 0. The highest BCUT2D eigenvalue weighted by molar-refractivity contribution is 6.32. The second-order valence-corrected chi connectivity index (χ2v) is 4.22. The van der Waals surface area contributed by atoms with Gasteiger partial charge in [0.25, 0.3) is 0 Å². The van der Waals surface area contributed by atoms with E-state index in [-0.39, 0.29) is 5.78 Å².